The highest BCUT2D eigenvalue weighted by atomic mass is 16.6. The van der Waals surface area contributed by atoms with Crippen LogP contribution in [0.5, 0.6) is 17.2 Å². The molecule has 1 N–H and O–H groups in total. The highest BCUT2D eigenvalue weighted by molar-refractivity contribution is 5.77. The van der Waals surface area contributed by atoms with Crippen LogP contribution in [0.2, 0.25) is 0 Å². The molecule has 7 nitrogen and oxygen atoms in total. The molecule has 0 spiro atoms. The monoisotopic (exact) mass is 379 g/mol. The molecule has 1 unspecified atom stereocenters. The van der Waals surface area contributed by atoms with Crippen molar-refractivity contribution in [2.75, 3.05) is 12.4 Å². The Hall–Kier alpha value is -3.61. The molecule has 0 aliphatic heterocycles. The van der Waals surface area contributed by atoms with Gasteiger partial charge in [0.1, 0.15) is 29.4 Å². The van der Waals surface area contributed by atoms with Gasteiger partial charge in [-0.2, -0.15) is 0 Å². The number of rotatable bonds is 7. The maximum atomic E-state index is 12.3. The van der Waals surface area contributed by atoms with Gasteiger partial charge in [-0.1, -0.05) is 6.07 Å². The number of aromatic nitrogens is 2. The summed E-state index contributed by atoms with van der Waals surface area (Å²) >= 11 is 0. The van der Waals surface area contributed by atoms with E-state index in [1.165, 1.54) is 6.33 Å². The predicted octanol–water partition coefficient (Wildman–Crippen LogP) is 3.91. The molecule has 1 aromatic heterocycles. The lowest BCUT2D eigenvalue weighted by Crippen LogP contribution is -2.28. The smallest absolute Gasteiger partial charge is 0.352 e. The van der Waals surface area contributed by atoms with Crippen molar-refractivity contribution < 1.29 is 19.0 Å². The number of nitrogens with one attached hydrogen (secondary N) is 1. The Morgan fingerprint density at radius 2 is 1.75 bits per heavy atom. The van der Waals surface area contributed by atoms with Crippen LogP contribution in [-0.4, -0.2) is 29.2 Å². The van der Waals surface area contributed by atoms with E-state index in [9.17, 15) is 4.79 Å². The number of aryl methyl sites for hydroxylation is 1. The van der Waals surface area contributed by atoms with Crippen LogP contribution in [0.15, 0.2) is 60.9 Å². The largest absolute Gasteiger partial charge is 0.497 e. The van der Waals surface area contributed by atoms with E-state index >= 15 is 0 Å². The third kappa shape index (κ3) is 5.20. The van der Waals surface area contributed by atoms with Gasteiger partial charge < -0.3 is 19.5 Å². The van der Waals surface area contributed by atoms with E-state index in [-0.39, 0.29) is 0 Å². The zero-order chi connectivity index (χ0) is 19.9. The van der Waals surface area contributed by atoms with Crippen LogP contribution in [0, 0.1) is 6.92 Å². The second kappa shape index (κ2) is 8.85. The van der Waals surface area contributed by atoms with Crippen molar-refractivity contribution in [1.29, 1.82) is 0 Å². The van der Waals surface area contributed by atoms with Crippen LogP contribution in [0.3, 0.4) is 0 Å². The summed E-state index contributed by atoms with van der Waals surface area (Å²) < 4.78 is 16.2. The number of methoxy groups -OCH3 is 1. The predicted molar refractivity (Wildman–Crippen MR) is 105 cm³/mol. The van der Waals surface area contributed by atoms with Crippen molar-refractivity contribution in [2.24, 2.45) is 0 Å². The Morgan fingerprint density at radius 3 is 2.46 bits per heavy atom. The van der Waals surface area contributed by atoms with Crippen molar-refractivity contribution >= 4 is 17.5 Å². The van der Waals surface area contributed by atoms with Gasteiger partial charge in [-0.3, -0.25) is 0 Å². The molecule has 3 rings (SSSR count). The SMILES string of the molecule is COc1ccc(OC(C)C(=O)Oc2cccc(Nc3cc(C)ncn3)c2)cc1. The molecular formula is C21H21N3O4. The molecule has 2 aromatic carbocycles. The molecule has 0 fully saturated rings. The summed E-state index contributed by atoms with van der Waals surface area (Å²) in [6.45, 7) is 3.52. The molecule has 1 heterocycles. The second-order valence-electron chi connectivity index (χ2n) is 6.05. The summed E-state index contributed by atoms with van der Waals surface area (Å²) in [5.74, 6) is 1.84. The van der Waals surface area contributed by atoms with Gasteiger partial charge >= 0.3 is 5.97 Å². The number of benzene rings is 2. The van der Waals surface area contributed by atoms with E-state index in [0.717, 1.165) is 11.4 Å². The molecule has 7 heteroatoms. The Labute approximate surface area is 163 Å². The summed E-state index contributed by atoms with van der Waals surface area (Å²) in [6.07, 6.45) is 0.717. The fourth-order valence-electron chi connectivity index (χ4n) is 2.41. The van der Waals surface area contributed by atoms with Crippen LogP contribution in [0.1, 0.15) is 12.6 Å². The van der Waals surface area contributed by atoms with Crippen LogP contribution in [0.4, 0.5) is 11.5 Å². The first-order chi connectivity index (χ1) is 13.5. The summed E-state index contributed by atoms with van der Waals surface area (Å²) in [5, 5.41) is 3.15. The lowest BCUT2D eigenvalue weighted by molar-refractivity contribution is -0.141. The minimum atomic E-state index is -0.769. The van der Waals surface area contributed by atoms with Crippen molar-refractivity contribution in [2.45, 2.75) is 20.0 Å². The Bertz CT molecular complexity index is 944. The van der Waals surface area contributed by atoms with Crippen LogP contribution in [0.25, 0.3) is 0 Å². The summed E-state index contributed by atoms with van der Waals surface area (Å²) in [7, 11) is 1.59. The highest BCUT2D eigenvalue weighted by Gasteiger charge is 2.17. The first-order valence-corrected chi connectivity index (χ1v) is 8.71. The molecule has 144 valence electrons. The number of carbonyl (C=O) groups is 1. The van der Waals surface area contributed by atoms with Gasteiger partial charge in [0.2, 0.25) is 0 Å². The Balaban J connectivity index is 1.61. The normalized spacial score (nSPS) is 11.4. The van der Waals surface area contributed by atoms with E-state index in [1.54, 1.807) is 56.5 Å². The standard InChI is InChI=1S/C21H21N3O4/c1-14-11-20(23-13-22-14)24-16-5-4-6-19(12-16)28-21(25)15(2)27-18-9-7-17(26-3)8-10-18/h4-13,15H,1-3H3,(H,22,23,24). The maximum Gasteiger partial charge on any atom is 0.352 e. The number of nitrogens with zero attached hydrogens (tertiary/aromatic N) is 2. The summed E-state index contributed by atoms with van der Waals surface area (Å²) in [6, 6.07) is 15.9. The minimum absolute atomic E-state index is 0.408. The van der Waals surface area contributed by atoms with Gasteiger partial charge in [0.15, 0.2) is 6.10 Å². The van der Waals surface area contributed by atoms with Gasteiger partial charge in [-0.25, -0.2) is 14.8 Å². The number of ether oxygens (including phenoxy) is 3. The van der Waals surface area contributed by atoms with Crippen molar-refractivity contribution in [1.82, 2.24) is 9.97 Å². The quantitative estimate of drug-likeness (QED) is 0.492. The topological polar surface area (TPSA) is 82.6 Å². The highest BCUT2D eigenvalue weighted by Crippen LogP contribution is 2.22. The fourth-order valence-corrected chi connectivity index (χ4v) is 2.41. The molecule has 0 radical (unpaired) electrons. The molecule has 0 amide bonds. The molecule has 3 aromatic rings. The minimum Gasteiger partial charge on any atom is -0.497 e. The average molecular weight is 379 g/mol. The van der Waals surface area contributed by atoms with E-state index in [2.05, 4.69) is 15.3 Å². The molecule has 0 saturated heterocycles. The number of hydrogen-bond acceptors (Lipinski definition) is 7. The van der Waals surface area contributed by atoms with E-state index in [0.29, 0.717) is 23.1 Å². The molecule has 0 saturated carbocycles. The van der Waals surface area contributed by atoms with Crippen molar-refractivity contribution in [3.63, 3.8) is 0 Å². The molecular weight excluding hydrogens is 358 g/mol. The van der Waals surface area contributed by atoms with E-state index < -0.39 is 12.1 Å². The third-order valence-electron chi connectivity index (χ3n) is 3.83. The average Bonchev–Trinajstić information content (AvgIpc) is 2.69. The van der Waals surface area contributed by atoms with Crippen LogP contribution in [-0.2, 0) is 4.79 Å². The molecule has 0 bridgehead atoms. The summed E-state index contributed by atoms with van der Waals surface area (Å²) in [4.78, 5) is 20.6. The third-order valence-corrected chi connectivity index (χ3v) is 3.83. The number of anilines is 2. The Kier molecular flexibility index (Phi) is 6.06. The zero-order valence-corrected chi connectivity index (χ0v) is 15.9. The molecule has 0 aliphatic carbocycles. The van der Waals surface area contributed by atoms with Gasteiger partial charge in [0, 0.05) is 23.5 Å². The molecule has 0 aliphatic rings. The second-order valence-corrected chi connectivity index (χ2v) is 6.05. The maximum absolute atomic E-state index is 12.3. The van der Waals surface area contributed by atoms with Gasteiger partial charge in [0.25, 0.3) is 0 Å². The fraction of sp³-hybridized carbons (Fsp3) is 0.190. The molecule has 28 heavy (non-hydrogen) atoms. The summed E-state index contributed by atoms with van der Waals surface area (Å²) in [5.41, 5.74) is 1.59. The van der Waals surface area contributed by atoms with Gasteiger partial charge in [-0.05, 0) is 50.2 Å². The van der Waals surface area contributed by atoms with Gasteiger partial charge in [-0.15, -0.1) is 0 Å². The van der Waals surface area contributed by atoms with Crippen LogP contribution >= 0.6 is 0 Å². The van der Waals surface area contributed by atoms with E-state index in [4.69, 9.17) is 14.2 Å². The number of hydrogen-bond donors (Lipinski definition) is 1. The van der Waals surface area contributed by atoms with Crippen molar-refractivity contribution in [3.8, 4) is 17.2 Å². The number of carbonyl (C=O) groups excluding carboxylic acids is 1. The van der Waals surface area contributed by atoms with E-state index in [1.807, 2.05) is 19.1 Å². The van der Waals surface area contributed by atoms with Gasteiger partial charge in [0.05, 0.1) is 7.11 Å². The zero-order valence-electron chi connectivity index (χ0n) is 15.9. The first-order valence-electron chi connectivity index (χ1n) is 8.71. The van der Waals surface area contributed by atoms with Crippen molar-refractivity contribution in [3.05, 3.63) is 66.6 Å². The lowest BCUT2D eigenvalue weighted by Gasteiger charge is -2.14. The molecule has 1 atom stereocenters. The first kappa shape index (κ1) is 19.2. The lowest BCUT2D eigenvalue weighted by atomic mass is 10.3. The number of esters is 1. The Morgan fingerprint density at radius 1 is 1.00 bits per heavy atom. The van der Waals surface area contributed by atoms with Crippen LogP contribution < -0.4 is 19.5 Å².